The molecule has 5 rings (SSSR count). The Morgan fingerprint density at radius 2 is 1.59 bits per heavy atom. The van der Waals surface area contributed by atoms with Gasteiger partial charge in [0.2, 0.25) is 0 Å². The van der Waals surface area contributed by atoms with Crippen LogP contribution in [0.1, 0.15) is 69.8 Å². The second-order valence-corrected chi connectivity index (χ2v) is 11.9. The predicted molar refractivity (Wildman–Crippen MR) is 146 cm³/mol. The summed E-state index contributed by atoms with van der Waals surface area (Å²) in [5.41, 5.74) is 1.07. The fourth-order valence-electron chi connectivity index (χ4n) is 5.07. The number of benzene rings is 2. The van der Waals surface area contributed by atoms with Gasteiger partial charge in [-0.2, -0.15) is 0 Å². The third-order valence-electron chi connectivity index (χ3n) is 6.89. The first-order valence-electron chi connectivity index (χ1n) is 12.5. The smallest absolute Gasteiger partial charge is 0.267 e. The molecule has 1 saturated heterocycles. The van der Waals surface area contributed by atoms with E-state index in [0.717, 1.165) is 56.1 Å². The lowest BCUT2D eigenvalue weighted by molar-refractivity contribution is -0.124. The van der Waals surface area contributed by atoms with Crippen molar-refractivity contribution < 1.29 is 4.79 Å². The van der Waals surface area contributed by atoms with Crippen LogP contribution in [0.2, 0.25) is 5.02 Å². The molecule has 1 aliphatic heterocycles. The zero-order chi connectivity index (χ0) is 23.3. The van der Waals surface area contributed by atoms with Crippen molar-refractivity contribution >= 4 is 52.3 Å². The molecular formula is C28H31ClN2OS2. The van der Waals surface area contributed by atoms with E-state index < -0.39 is 0 Å². The van der Waals surface area contributed by atoms with Crippen LogP contribution in [0.15, 0.2) is 68.2 Å². The first-order valence-corrected chi connectivity index (χ1v) is 14.5. The van der Waals surface area contributed by atoms with Crippen LogP contribution >= 0.6 is 35.1 Å². The zero-order valence-corrected chi connectivity index (χ0v) is 21.8. The molecule has 34 heavy (non-hydrogen) atoms. The standard InChI is InChI=1S/C28H31ClN2OS2/c29-21-15-17-24(18-16-21)33-25-14-8-7-9-20(25)19-26-27(32)31(23-12-5-2-6-13-23)28(34-26)30-22-10-3-1-4-11-22/h7-9,14-19,22-23H,1-6,10-13H2. The van der Waals surface area contributed by atoms with E-state index in [0.29, 0.717) is 12.1 Å². The number of thioether (sulfide) groups is 1. The molecule has 0 aromatic heterocycles. The number of nitrogens with zero attached hydrogens (tertiary/aromatic N) is 2. The molecule has 0 atom stereocenters. The molecule has 1 heterocycles. The van der Waals surface area contributed by atoms with Gasteiger partial charge in [0.15, 0.2) is 5.17 Å². The summed E-state index contributed by atoms with van der Waals surface area (Å²) in [6, 6.07) is 16.9. The van der Waals surface area contributed by atoms with Gasteiger partial charge in [-0.3, -0.25) is 14.7 Å². The first-order chi connectivity index (χ1) is 16.7. The van der Waals surface area contributed by atoms with Gasteiger partial charge in [-0.1, -0.05) is 80.1 Å². The minimum Gasteiger partial charge on any atom is -0.284 e. The van der Waals surface area contributed by atoms with E-state index in [1.54, 1.807) is 23.5 Å². The van der Waals surface area contributed by atoms with Crippen LogP contribution in [0.3, 0.4) is 0 Å². The van der Waals surface area contributed by atoms with E-state index in [1.807, 2.05) is 36.4 Å². The van der Waals surface area contributed by atoms with Gasteiger partial charge in [0.25, 0.3) is 5.91 Å². The van der Waals surface area contributed by atoms with E-state index >= 15 is 0 Å². The van der Waals surface area contributed by atoms with E-state index in [4.69, 9.17) is 16.6 Å². The SMILES string of the molecule is O=C1C(=Cc2ccccc2Sc2ccc(Cl)cc2)SC(=NC2CCCCC2)N1C1CCCCC1. The number of halogens is 1. The lowest BCUT2D eigenvalue weighted by atomic mass is 9.94. The summed E-state index contributed by atoms with van der Waals surface area (Å²) in [6.07, 6.45) is 14.1. The minimum absolute atomic E-state index is 0.137. The number of amidine groups is 1. The highest BCUT2D eigenvalue weighted by atomic mass is 35.5. The van der Waals surface area contributed by atoms with Crippen molar-refractivity contribution in [3.05, 3.63) is 64.0 Å². The Balaban J connectivity index is 1.44. The predicted octanol–water partition coefficient (Wildman–Crippen LogP) is 8.43. The number of aliphatic imine (C=N–C) groups is 1. The third kappa shape index (κ3) is 5.75. The maximum atomic E-state index is 13.7. The number of carbonyl (C=O) groups is 1. The monoisotopic (exact) mass is 510 g/mol. The van der Waals surface area contributed by atoms with Gasteiger partial charge in [0, 0.05) is 20.9 Å². The number of hydrogen-bond donors (Lipinski definition) is 0. The number of carbonyl (C=O) groups excluding carboxylic acids is 1. The van der Waals surface area contributed by atoms with Gasteiger partial charge in [0.1, 0.15) is 0 Å². The van der Waals surface area contributed by atoms with Crippen LogP contribution in [0.25, 0.3) is 6.08 Å². The molecule has 2 aliphatic carbocycles. The second-order valence-electron chi connectivity index (χ2n) is 9.37. The van der Waals surface area contributed by atoms with Gasteiger partial charge >= 0.3 is 0 Å². The molecule has 178 valence electrons. The lowest BCUT2D eigenvalue weighted by Crippen LogP contribution is -2.41. The fraction of sp³-hybridized carbons (Fsp3) is 0.429. The van der Waals surface area contributed by atoms with E-state index in [-0.39, 0.29) is 5.91 Å². The van der Waals surface area contributed by atoms with Crippen molar-refractivity contribution in [3.63, 3.8) is 0 Å². The Morgan fingerprint density at radius 1 is 0.912 bits per heavy atom. The molecule has 2 aromatic carbocycles. The van der Waals surface area contributed by atoms with E-state index in [2.05, 4.69) is 23.1 Å². The topological polar surface area (TPSA) is 32.7 Å². The summed E-state index contributed by atoms with van der Waals surface area (Å²) in [6.45, 7) is 0. The largest absolute Gasteiger partial charge is 0.284 e. The molecule has 0 spiro atoms. The molecule has 2 aromatic rings. The van der Waals surface area contributed by atoms with E-state index in [1.165, 1.54) is 38.5 Å². The van der Waals surface area contributed by atoms with Crippen LogP contribution < -0.4 is 0 Å². The minimum atomic E-state index is 0.137. The van der Waals surface area contributed by atoms with Gasteiger partial charge in [0.05, 0.1) is 10.9 Å². The van der Waals surface area contributed by atoms with Crippen LogP contribution in [-0.2, 0) is 4.79 Å². The van der Waals surface area contributed by atoms with Crippen LogP contribution in [0.4, 0.5) is 0 Å². The Hall–Kier alpha value is -1.69. The molecule has 6 heteroatoms. The van der Waals surface area contributed by atoms with Crippen molar-refractivity contribution in [2.24, 2.45) is 4.99 Å². The van der Waals surface area contributed by atoms with Crippen molar-refractivity contribution in [1.29, 1.82) is 0 Å². The molecule has 1 amide bonds. The number of hydrogen-bond acceptors (Lipinski definition) is 4. The van der Waals surface area contributed by atoms with Gasteiger partial charge in [-0.15, -0.1) is 0 Å². The Morgan fingerprint density at radius 3 is 2.32 bits per heavy atom. The highest BCUT2D eigenvalue weighted by Crippen LogP contribution is 2.40. The summed E-state index contributed by atoms with van der Waals surface area (Å²) in [5, 5.41) is 1.68. The molecule has 0 radical (unpaired) electrons. The van der Waals surface area contributed by atoms with Crippen molar-refractivity contribution in [2.45, 2.75) is 86.1 Å². The second kappa shape index (κ2) is 11.4. The van der Waals surface area contributed by atoms with Crippen molar-refractivity contribution in [2.75, 3.05) is 0 Å². The van der Waals surface area contributed by atoms with Gasteiger partial charge < -0.3 is 0 Å². The molecule has 2 saturated carbocycles. The summed E-state index contributed by atoms with van der Waals surface area (Å²) >= 11 is 9.35. The van der Waals surface area contributed by atoms with E-state index in [9.17, 15) is 4.79 Å². The maximum Gasteiger partial charge on any atom is 0.267 e. The molecular weight excluding hydrogens is 480 g/mol. The van der Waals surface area contributed by atoms with Crippen LogP contribution in [0, 0.1) is 0 Å². The zero-order valence-electron chi connectivity index (χ0n) is 19.4. The molecule has 0 unspecified atom stereocenters. The number of amides is 1. The lowest BCUT2D eigenvalue weighted by Gasteiger charge is -2.31. The van der Waals surface area contributed by atoms with Crippen molar-refractivity contribution in [1.82, 2.24) is 4.90 Å². The van der Waals surface area contributed by atoms with Gasteiger partial charge in [-0.05, 0) is 79.4 Å². The van der Waals surface area contributed by atoms with Gasteiger partial charge in [-0.25, -0.2) is 0 Å². The summed E-state index contributed by atoms with van der Waals surface area (Å²) < 4.78 is 0. The molecule has 3 nitrogen and oxygen atoms in total. The highest BCUT2D eigenvalue weighted by Gasteiger charge is 2.39. The highest BCUT2D eigenvalue weighted by molar-refractivity contribution is 8.18. The quantitative estimate of drug-likeness (QED) is 0.378. The average molecular weight is 511 g/mol. The Kier molecular flexibility index (Phi) is 8.03. The fourth-order valence-corrected chi connectivity index (χ4v) is 7.21. The summed E-state index contributed by atoms with van der Waals surface area (Å²) in [7, 11) is 0. The number of rotatable bonds is 5. The average Bonchev–Trinajstić information content (AvgIpc) is 3.17. The van der Waals surface area contributed by atoms with Crippen LogP contribution in [-0.4, -0.2) is 28.1 Å². The van der Waals surface area contributed by atoms with Crippen molar-refractivity contribution in [3.8, 4) is 0 Å². The molecule has 3 aliphatic rings. The summed E-state index contributed by atoms with van der Waals surface area (Å²) in [4.78, 5) is 24.0. The summed E-state index contributed by atoms with van der Waals surface area (Å²) in [5.74, 6) is 0.137. The molecule has 0 N–H and O–H groups in total. The normalized spacial score (nSPS) is 22.7. The van der Waals surface area contributed by atoms with Crippen LogP contribution in [0.5, 0.6) is 0 Å². The first kappa shape index (κ1) is 24.0. The molecule has 0 bridgehead atoms. The Labute approximate surface area is 216 Å². The molecule has 3 fully saturated rings. The Bertz CT molecular complexity index is 1070. The third-order valence-corrected chi connectivity index (χ3v) is 9.24. The maximum absolute atomic E-state index is 13.7.